The first kappa shape index (κ1) is 18.9. The van der Waals surface area contributed by atoms with Gasteiger partial charge in [-0.05, 0) is 80.9 Å². The van der Waals surface area contributed by atoms with Gasteiger partial charge in [0.25, 0.3) is 0 Å². The van der Waals surface area contributed by atoms with E-state index in [2.05, 4.69) is 26.4 Å². The zero-order valence-electron chi connectivity index (χ0n) is 17.2. The largest absolute Gasteiger partial charge is 0.305 e. The van der Waals surface area contributed by atoms with Gasteiger partial charge in [-0.1, -0.05) is 0 Å². The molecule has 1 aliphatic rings. The zero-order chi connectivity index (χ0) is 20.7. The number of imidazole rings is 1. The Bertz CT molecular complexity index is 1190. The highest BCUT2D eigenvalue weighted by molar-refractivity contribution is 5.80. The summed E-state index contributed by atoms with van der Waals surface area (Å²) in [5, 5.41) is 0. The molecule has 30 heavy (non-hydrogen) atoms. The monoisotopic (exact) mass is 401 g/mol. The van der Waals surface area contributed by atoms with Crippen LogP contribution in [0.3, 0.4) is 0 Å². The van der Waals surface area contributed by atoms with Crippen molar-refractivity contribution in [2.24, 2.45) is 5.92 Å². The second kappa shape index (κ2) is 7.61. The van der Waals surface area contributed by atoms with Crippen LogP contribution in [0, 0.1) is 11.7 Å². The van der Waals surface area contributed by atoms with Crippen molar-refractivity contribution >= 4 is 5.65 Å². The average molecular weight is 401 g/mol. The van der Waals surface area contributed by atoms with Crippen LogP contribution in [0.5, 0.6) is 0 Å². The lowest BCUT2D eigenvalue weighted by atomic mass is 10.1. The number of nitrogens with zero attached hydrogens (tertiary/aromatic N) is 5. The fourth-order valence-corrected chi connectivity index (χ4v) is 3.81. The Morgan fingerprint density at radius 1 is 1.07 bits per heavy atom. The van der Waals surface area contributed by atoms with E-state index in [1.54, 1.807) is 12.1 Å². The van der Waals surface area contributed by atoms with E-state index in [-0.39, 0.29) is 5.82 Å². The molecule has 5 nitrogen and oxygen atoms in total. The van der Waals surface area contributed by atoms with E-state index in [0.29, 0.717) is 5.92 Å². The van der Waals surface area contributed by atoms with Gasteiger partial charge in [-0.2, -0.15) is 0 Å². The maximum absolute atomic E-state index is 13.5. The first-order valence-corrected chi connectivity index (χ1v) is 10.3. The fraction of sp³-hybridized carbons (Fsp3) is 0.292. The lowest BCUT2D eigenvalue weighted by Crippen LogP contribution is -2.10. The molecule has 1 aromatic carbocycles. The second-order valence-electron chi connectivity index (χ2n) is 8.32. The van der Waals surface area contributed by atoms with Crippen molar-refractivity contribution in [3.05, 3.63) is 72.1 Å². The molecule has 0 radical (unpaired) electrons. The quantitative estimate of drug-likeness (QED) is 0.473. The Balaban J connectivity index is 1.67. The average Bonchev–Trinajstić information content (AvgIpc) is 3.45. The van der Waals surface area contributed by atoms with Crippen molar-refractivity contribution in [2.45, 2.75) is 25.8 Å². The van der Waals surface area contributed by atoms with Crippen LogP contribution in [-0.2, 0) is 13.0 Å². The van der Waals surface area contributed by atoms with Crippen molar-refractivity contribution in [1.82, 2.24) is 24.3 Å². The molecule has 1 aliphatic carbocycles. The van der Waals surface area contributed by atoms with E-state index in [0.717, 1.165) is 47.1 Å². The van der Waals surface area contributed by atoms with Crippen molar-refractivity contribution in [3.8, 4) is 22.6 Å². The molecule has 3 heterocycles. The molecule has 1 fully saturated rings. The van der Waals surface area contributed by atoms with Gasteiger partial charge in [-0.15, -0.1) is 0 Å². The SMILES string of the molecule is CN(C)Cc1ccn2c(-c3ccnc(CC4CC4)n3)c(-c3ccc(F)cc3)nc2c1. The molecule has 1 saturated carbocycles. The predicted molar refractivity (Wildman–Crippen MR) is 115 cm³/mol. The van der Waals surface area contributed by atoms with Gasteiger partial charge in [-0.3, -0.25) is 4.40 Å². The van der Waals surface area contributed by atoms with Gasteiger partial charge in [0.2, 0.25) is 0 Å². The molecule has 0 bridgehead atoms. The van der Waals surface area contributed by atoms with Gasteiger partial charge in [0.05, 0.1) is 17.1 Å². The van der Waals surface area contributed by atoms with E-state index < -0.39 is 0 Å². The highest BCUT2D eigenvalue weighted by Crippen LogP contribution is 2.34. The molecule has 0 unspecified atom stereocenters. The standard InChI is InChI=1S/C24H24FN5/c1-29(2)15-17-10-12-30-22(14-17)28-23(18-5-7-19(25)8-6-18)24(30)20-9-11-26-21(27-20)13-16-3-4-16/h5-12,14,16H,3-4,13,15H2,1-2H3. The Hall–Kier alpha value is -3.12. The normalized spacial score (nSPS) is 14.0. The molecule has 152 valence electrons. The number of halogens is 1. The van der Waals surface area contributed by atoms with Gasteiger partial charge in [0.15, 0.2) is 0 Å². The number of benzene rings is 1. The summed E-state index contributed by atoms with van der Waals surface area (Å²) in [7, 11) is 4.10. The Morgan fingerprint density at radius 3 is 2.60 bits per heavy atom. The number of fused-ring (bicyclic) bond motifs is 1. The summed E-state index contributed by atoms with van der Waals surface area (Å²) in [6.07, 6.45) is 7.32. The fourth-order valence-electron chi connectivity index (χ4n) is 3.81. The van der Waals surface area contributed by atoms with Crippen LogP contribution in [0.15, 0.2) is 54.9 Å². The van der Waals surface area contributed by atoms with Crippen LogP contribution in [-0.4, -0.2) is 38.3 Å². The van der Waals surface area contributed by atoms with Crippen molar-refractivity contribution in [3.63, 3.8) is 0 Å². The van der Waals surface area contributed by atoms with Gasteiger partial charge in [0, 0.05) is 30.9 Å². The third-order valence-electron chi connectivity index (χ3n) is 5.42. The van der Waals surface area contributed by atoms with Crippen LogP contribution in [0.4, 0.5) is 4.39 Å². The summed E-state index contributed by atoms with van der Waals surface area (Å²) in [6.45, 7) is 0.837. The van der Waals surface area contributed by atoms with E-state index in [4.69, 9.17) is 9.97 Å². The highest BCUT2D eigenvalue weighted by Gasteiger charge is 2.24. The minimum absolute atomic E-state index is 0.258. The molecule has 5 rings (SSSR count). The molecule has 4 aromatic rings. The van der Waals surface area contributed by atoms with Crippen LogP contribution in [0.1, 0.15) is 24.2 Å². The number of hydrogen-bond donors (Lipinski definition) is 0. The first-order chi connectivity index (χ1) is 14.6. The molecular formula is C24H24FN5. The number of aromatic nitrogens is 4. The molecule has 6 heteroatoms. The highest BCUT2D eigenvalue weighted by atomic mass is 19.1. The topological polar surface area (TPSA) is 46.3 Å². The van der Waals surface area contributed by atoms with Crippen molar-refractivity contribution in [2.75, 3.05) is 14.1 Å². The van der Waals surface area contributed by atoms with Crippen molar-refractivity contribution < 1.29 is 4.39 Å². The maximum Gasteiger partial charge on any atom is 0.138 e. The Kier molecular flexibility index (Phi) is 4.79. The predicted octanol–water partition coefficient (Wildman–Crippen LogP) is 4.61. The van der Waals surface area contributed by atoms with Crippen LogP contribution >= 0.6 is 0 Å². The van der Waals surface area contributed by atoms with E-state index >= 15 is 0 Å². The molecular weight excluding hydrogens is 377 g/mol. The smallest absolute Gasteiger partial charge is 0.138 e. The molecule has 0 amide bonds. The summed E-state index contributed by atoms with van der Waals surface area (Å²) in [5.74, 6) is 1.33. The first-order valence-electron chi connectivity index (χ1n) is 10.3. The maximum atomic E-state index is 13.5. The lowest BCUT2D eigenvalue weighted by molar-refractivity contribution is 0.402. The third-order valence-corrected chi connectivity index (χ3v) is 5.42. The molecule has 0 aliphatic heterocycles. The van der Waals surface area contributed by atoms with Gasteiger partial charge >= 0.3 is 0 Å². The lowest BCUT2D eigenvalue weighted by Gasteiger charge is -2.10. The van der Waals surface area contributed by atoms with E-state index in [9.17, 15) is 4.39 Å². The van der Waals surface area contributed by atoms with Gasteiger partial charge < -0.3 is 4.90 Å². The van der Waals surface area contributed by atoms with Gasteiger partial charge in [0.1, 0.15) is 17.3 Å². The molecule has 0 spiro atoms. The molecule has 0 atom stereocenters. The summed E-state index contributed by atoms with van der Waals surface area (Å²) in [4.78, 5) is 16.4. The van der Waals surface area contributed by atoms with Crippen LogP contribution in [0.2, 0.25) is 0 Å². The van der Waals surface area contributed by atoms with Crippen LogP contribution < -0.4 is 0 Å². The zero-order valence-corrected chi connectivity index (χ0v) is 17.2. The Morgan fingerprint density at radius 2 is 1.87 bits per heavy atom. The molecule has 0 N–H and O–H groups in total. The summed E-state index contributed by atoms with van der Waals surface area (Å²) < 4.78 is 15.6. The second-order valence-corrected chi connectivity index (χ2v) is 8.32. The minimum Gasteiger partial charge on any atom is -0.305 e. The summed E-state index contributed by atoms with van der Waals surface area (Å²) in [5.41, 5.74) is 5.46. The molecule has 3 aromatic heterocycles. The summed E-state index contributed by atoms with van der Waals surface area (Å²) in [6, 6.07) is 12.6. The summed E-state index contributed by atoms with van der Waals surface area (Å²) >= 11 is 0. The van der Waals surface area contributed by atoms with E-state index in [1.165, 1.54) is 30.5 Å². The van der Waals surface area contributed by atoms with Crippen molar-refractivity contribution in [1.29, 1.82) is 0 Å². The minimum atomic E-state index is -0.258. The number of rotatable bonds is 6. The van der Waals surface area contributed by atoms with Gasteiger partial charge in [-0.25, -0.2) is 19.3 Å². The number of pyridine rings is 1. The molecule has 0 saturated heterocycles. The van der Waals surface area contributed by atoms with Crippen LogP contribution in [0.25, 0.3) is 28.3 Å². The Labute approximate surface area is 175 Å². The van der Waals surface area contributed by atoms with E-state index in [1.807, 2.05) is 32.6 Å². The number of hydrogen-bond acceptors (Lipinski definition) is 4. The third kappa shape index (κ3) is 3.83.